The van der Waals surface area contributed by atoms with Gasteiger partial charge in [0.25, 0.3) is 0 Å². The van der Waals surface area contributed by atoms with Gasteiger partial charge in [0.15, 0.2) is 0 Å². The van der Waals surface area contributed by atoms with E-state index in [2.05, 4.69) is 66.2 Å². The number of benzene rings is 2. The van der Waals surface area contributed by atoms with Gasteiger partial charge in [-0.15, -0.1) is 0 Å². The molecule has 3 aromatic rings. The molecular formula is C19H22N2. The lowest BCUT2D eigenvalue weighted by molar-refractivity contribution is 0.435. The molecule has 0 spiro atoms. The average Bonchev–Trinajstić information content (AvgIpc) is 3.09. The molecule has 21 heavy (non-hydrogen) atoms. The van der Waals surface area contributed by atoms with Crippen molar-refractivity contribution in [3.63, 3.8) is 0 Å². The highest BCUT2D eigenvalue weighted by Gasteiger charge is 2.30. The van der Waals surface area contributed by atoms with Crippen molar-refractivity contribution in [3.8, 4) is 0 Å². The largest absolute Gasteiger partial charge is 0.341 e. The van der Waals surface area contributed by atoms with Crippen LogP contribution in [0.2, 0.25) is 0 Å². The Morgan fingerprint density at radius 1 is 1.10 bits per heavy atom. The second-order valence-corrected chi connectivity index (χ2v) is 6.36. The predicted octanol–water partition coefficient (Wildman–Crippen LogP) is 4.41. The van der Waals surface area contributed by atoms with E-state index in [0.717, 1.165) is 13.1 Å². The number of fused-ring (bicyclic) bond motifs is 3. The van der Waals surface area contributed by atoms with Crippen molar-refractivity contribution in [2.45, 2.75) is 38.8 Å². The maximum atomic E-state index is 3.68. The summed E-state index contributed by atoms with van der Waals surface area (Å²) in [6, 6.07) is 15.8. The van der Waals surface area contributed by atoms with E-state index in [1.54, 1.807) is 0 Å². The highest BCUT2D eigenvalue weighted by atomic mass is 15.0. The number of para-hydroxylation sites is 1. The molecule has 0 amide bonds. The van der Waals surface area contributed by atoms with Crippen LogP contribution in [0.4, 0.5) is 0 Å². The van der Waals surface area contributed by atoms with E-state index in [1.165, 1.54) is 40.2 Å². The third-order valence-corrected chi connectivity index (χ3v) is 5.09. The van der Waals surface area contributed by atoms with Crippen LogP contribution in [0.5, 0.6) is 0 Å². The Bertz CT molecular complexity index is 807. The molecule has 2 nitrogen and oxygen atoms in total. The van der Waals surface area contributed by atoms with Gasteiger partial charge in [-0.25, -0.2) is 0 Å². The number of nitrogens with one attached hydrogen (secondary N) is 1. The molecule has 2 aromatic carbocycles. The van der Waals surface area contributed by atoms with Crippen LogP contribution in [0, 0.1) is 0 Å². The van der Waals surface area contributed by atoms with E-state index in [0.29, 0.717) is 0 Å². The molecule has 2 heterocycles. The molecule has 0 saturated carbocycles. The third kappa shape index (κ3) is 1.82. The van der Waals surface area contributed by atoms with E-state index < -0.39 is 0 Å². The molecule has 1 aliphatic heterocycles. The van der Waals surface area contributed by atoms with E-state index in [4.69, 9.17) is 0 Å². The van der Waals surface area contributed by atoms with Gasteiger partial charge in [-0.3, -0.25) is 0 Å². The summed E-state index contributed by atoms with van der Waals surface area (Å²) in [6.07, 6.45) is 2.50. The predicted molar refractivity (Wildman–Crippen MR) is 89.7 cm³/mol. The Labute approximate surface area is 125 Å². The van der Waals surface area contributed by atoms with Crippen molar-refractivity contribution >= 4 is 21.8 Å². The van der Waals surface area contributed by atoms with Gasteiger partial charge in [0.2, 0.25) is 0 Å². The first-order valence-electron chi connectivity index (χ1n) is 7.99. The summed E-state index contributed by atoms with van der Waals surface area (Å²) < 4.78 is 2.42. The van der Waals surface area contributed by atoms with Crippen LogP contribution in [0.25, 0.3) is 21.8 Å². The summed E-state index contributed by atoms with van der Waals surface area (Å²) in [6.45, 7) is 6.70. The Balaban J connectivity index is 2.01. The van der Waals surface area contributed by atoms with Crippen molar-refractivity contribution in [2.75, 3.05) is 6.54 Å². The van der Waals surface area contributed by atoms with Crippen LogP contribution in [0.3, 0.4) is 0 Å². The van der Waals surface area contributed by atoms with E-state index in [1.807, 2.05) is 0 Å². The molecular weight excluding hydrogens is 256 g/mol. The normalized spacial score (nSPS) is 22.4. The minimum atomic E-state index is 0.142. The van der Waals surface area contributed by atoms with Crippen LogP contribution in [0.15, 0.2) is 42.5 Å². The molecule has 108 valence electrons. The summed E-state index contributed by atoms with van der Waals surface area (Å²) in [5.41, 5.74) is 4.26. The fraction of sp³-hybridized carbons (Fsp3) is 0.368. The Hall–Kier alpha value is -1.80. The minimum Gasteiger partial charge on any atom is -0.341 e. The van der Waals surface area contributed by atoms with Crippen LogP contribution in [-0.2, 0) is 12.1 Å². The summed E-state index contributed by atoms with van der Waals surface area (Å²) in [5.74, 6) is 0. The average molecular weight is 278 g/mol. The molecule has 1 aliphatic rings. The molecule has 4 rings (SSSR count). The highest BCUT2D eigenvalue weighted by Crippen LogP contribution is 2.35. The van der Waals surface area contributed by atoms with Crippen LogP contribution in [-0.4, -0.2) is 11.1 Å². The molecule has 0 aliphatic carbocycles. The monoisotopic (exact) mass is 278 g/mol. The quantitative estimate of drug-likeness (QED) is 0.734. The molecule has 0 radical (unpaired) electrons. The number of aromatic nitrogens is 1. The molecule has 1 N–H and O–H groups in total. The molecule has 0 bridgehead atoms. The lowest BCUT2D eigenvalue weighted by Crippen LogP contribution is -2.32. The summed E-state index contributed by atoms with van der Waals surface area (Å²) in [4.78, 5) is 0. The fourth-order valence-corrected chi connectivity index (χ4v) is 3.88. The van der Waals surface area contributed by atoms with Gasteiger partial charge in [0.1, 0.15) is 0 Å². The first-order chi connectivity index (χ1) is 10.2. The summed E-state index contributed by atoms with van der Waals surface area (Å²) >= 11 is 0. The van der Waals surface area contributed by atoms with Gasteiger partial charge >= 0.3 is 0 Å². The van der Waals surface area contributed by atoms with Crippen LogP contribution in [0.1, 0.15) is 32.3 Å². The molecule has 1 unspecified atom stereocenters. The zero-order chi connectivity index (χ0) is 14.4. The second-order valence-electron chi connectivity index (χ2n) is 6.36. The van der Waals surface area contributed by atoms with E-state index in [-0.39, 0.29) is 5.54 Å². The first kappa shape index (κ1) is 12.9. The number of hydrogen-bond acceptors (Lipinski definition) is 1. The van der Waals surface area contributed by atoms with Crippen LogP contribution < -0.4 is 5.32 Å². The van der Waals surface area contributed by atoms with E-state index >= 15 is 0 Å². The zero-order valence-corrected chi connectivity index (χ0v) is 12.8. The first-order valence-corrected chi connectivity index (χ1v) is 7.99. The smallest absolute Gasteiger partial charge is 0.0491 e. The fourth-order valence-electron chi connectivity index (χ4n) is 3.88. The minimum absolute atomic E-state index is 0.142. The Morgan fingerprint density at radius 3 is 2.67 bits per heavy atom. The molecule has 1 aromatic heterocycles. The van der Waals surface area contributed by atoms with E-state index in [9.17, 15) is 0 Å². The third-order valence-electron chi connectivity index (χ3n) is 5.09. The molecule has 1 fully saturated rings. The zero-order valence-electron chi connectivity index (χ0n) is 12.8. The lowest BCUT2D eigenvalue weighted by atomic mass is 9.89. The van der Waals surface area contributed by atoms with Gasteiger partial charge in [-0.2, -0.15) is 0 Å². The van der Waals surface area contributed by atoms with Crippen molar-refractivity contribution in [2.24, 2.45) is 0 Å². The SMILES string of the molecule is CCn1c2ccccc2c2cc(C3(C)CCCN3)ccc21. The number of aryl methyl sites for hydroxylation is 1. The highest BCUT2D eigenvalue weighted by molar-refractivity contribution is 6.08. The second kappa shape index (κ2) is 4.60. The molecule has 1 saturated heterocycles. The summed E-state index contributed by atoms with van der Waals surface area (Å²) in [7, 11) is 0. The number of hydrogen-bond donors (Lipinski definition) is 1. The van der Waals surface area contributed by atoms with Gasteiger partial charge in [-0.05, 0) is 57.0 Å². The molecule has 2 heteroatoms. The van der Waals surface area contributed by atoms with Crippen molar-refractivity contribution in [1.82, 2.24) is 9.88 Å². The van der Waals surface area contributed by atoms with Gasteiger partial charge in [0.05, 0.1) is 0 Å². The maximum absolute atomic E-state index is 3.68. The van der Waals surface area contributed by atoms with Crippen LogP contribution >= 0.6 is 0 Å². The standard InChI is InChI=1S/C19H22N2/c1-3-21-17-8-5-4-7-15(17)16-13-14(9-10-18(16)21)19(2)11-6-12-20-19/h4-5,7-10,13,20H,3,6,11-12H2,1-2H3. The van der Waals surface area contributed by atoms with Gasteiger partial charge < -0.3 is 9.88 Å². The van der Waals surface area contributed by atoms with Gasteiger partial charge in [0, 0.05) is 33.9 Å². The topological polar surface area (TPSA) is 17.0 Å². The number of rotatable bonds is 2. The van der Waals surface area contributed by atoms with Crippen molar-refractivity contribution in [1.29, 1.82) is 0 Å². The number of nitrogens with zero attached hydrogens (tertiary/aromatic N) is 1. The Kier molecular flexibility index (Phi) is 2.83. The summed E-state index contributed by atoms with van der Waals surface area (Å²) in [5, 5.41) is 6.44. The Morgan fingerprint density at radius 2 is 1.90 bits per heavy atom. The maximum Gasteiger partial charge on any atom is 0.0491 e. The molecule has 1 atom stereocenters. The van der Waals surface area contributed by atoms with Gasteiger partial charge in [-0.1, -0.05) is 24.3 Å². The van der Waals surface area contributed by atoms with Crippen molar-refractivity contribution < 1.29 is 0 Å². The lowest BCUT2D eigenvalue weighted by Gasteiger charge is -2.25. The van der Waals surface area contributed by atoms with Crippen molar-refractivity contribution in [3.05, 3.63) is 48.0 Å².